The van der Waals surface area contributed by atoms with Crippen molar-refractivity contribution < 1.29 is 14.3 Å². The smallest absolute Gasteiger partial charge is 0.250 e. The van der Waals surface area contributed by atoms with Gasteiger partial charge in [-0.15, -0.1) is 0 Å². The van der Waals surface area contributed by atoms with Crippen molar-refractivity contribution in [1.29, 1.82) is 0 Å². The number of aromatic nitrogens is 1. The molecule has 1 heterocycles. The third kappa shape index (κ3) is 5.25. The molecule has 1 aromatic heterocycles. The molecule has 0 aliphatic carbocycles. The summed E-state index contributed by atoms with van der Waals surface area (Å²) >= 11 is 3.28. The molecule has 94 valence electrons. The topological polar surface area (TPSA) is 60.5 Å². The highest BCUT2D eigenvalue weighted by molar-refractivity contribution is 9.10. The normalized spacial score (nSPS) is 10.3. The van der Waals surface area contributed by atoms with Gasteiger partial charge in [-0.3, -0.25) is 4.79 Å². The van der Waals surface area contributed by atoms with Crippen LogP contribution in [-0.2, 0) is 14.3 Å². The lowest BCUT2D eigenvalue weighted by Gasteiger charge is -2.07. The Morgan fingerprint density at radius 3 is 2.88 bits per heavy atom. The highest BCUT2D eigenvalue weighted by Crippen LogP contribution is 2.19. The maximum absolute atomic E-state index is 11.5. The number of amides is 1. The largest absolute Gasteiger partial charge is 0.382 e. The Hall–Kier alpha value is -0.980. The summed E-state index contributed by atoms with van der Waals surface area (Å²) in [5.41, 5.74) is 1.52. The van der Waals surface area contributed by atoms with Crippen molar-refractivity contribution in [3.63, 3.8) is 0 Å². The summed E-state index contributed by atoms with van der Waals surface area (Å²) in [6.07, 6.45) is 0. The van der Waals surface area contributed by atoms with Gasteiger partial charge in [0.05, 0.1) is 18.9 Å². The van der Waals surface area contributed by atoms with E-state index in [0.717, 1.165) is 5.69 Å². The zero-order valence-corrected chi connectivity index (χ0v) is 11.4. The molecule has 0 aromatic carbocycles. The molecule has 0 fully saturated rings. The number of pyridine rings is 1. The van der Waals surface area contributed by atoms with Gasteiger partial charge in [0.2, 0.25) is 5.91 Å². The number of carbonyl (C=O) groups excluding carboxylic acids is 1. The molecule has 1 N–H and O–H groups in total. The molecule has 1 aromatic rings. The van der Waals surface area contributed by atoms with Crippen LogP contribution in [0.25, 0.3) is 0 Å². The SMILES string of the molecule is COCCOCC(=O)Nc1ccc(C)nc1Br. The van der Waals surface area contributed by atoms with Crippen molar-refractivity contribution >= 4 is 27.5 Å². The minimum Gasteiger partial charge on any atom is -0.382 e. The fraction of sp³-hybridized carbons (Fsp3) is 0.455. The number of ether oxygens (including phenoxy) is 2. The number of methoxy groups -OCH3 is 1. The van der Waals surface area contributed by atoms with Gasteiger partial charge in [0.15, 0.2) is 0 Å². The number of carbonyl (C=O) groups is 1. The van der Waals surface area contributed by atoms with Gasteiger partial charge < -0.3 is 14.8 Å². The molecule has 0 saturated carbocycles. The van der Waals surface area contributed by atoms with E-state index in [0.29, 0.717) is 23.5 Å². The molecule has 0 aliphatic heterocycles. The van der Waals surface area contributed by atoms with Crippen LogP contribution in [0.5, 0.6) is 0 Å². The Balaban J connectivity index is 2.40. The summed E-state index contributed by atoms with van der Waals surface area (Å²) < 4.78 is 10.5. The first kappa shape index (κ1) is 14.1. The van der Waals surface area contributed by atoms with Gasteiger partial charge in [0.1, 0.15) is 11.2 Å². The first-order valence-corrected chi connectivity index (χ1v) is 5.92. The summed E-state index contributed by atoms with van der Waals surface area (Å²) in [4.78, 5) is 15.7. The zero-order chi connectivity index (χ0) is 12.7. The molecule has 0 spiro atoms. The maximum Gasteiger partial charge on any atom is 0.250 e. The molecule has 0 atom stereocenters. The third-order valence-corrected chi connectivity index (χ3v) is 2.53. The zero-order valence-electron chi connectivity index (χ0n) is 9.83. The minimum absolute atomic E-state index is 0.00365. The fourth-order valence-electron chi connectivity index (χ4n) is 1.11. The van der Waals surface area contributed by atoms with Gasteiger partial charge in [0, 0.05) is 12.8 Å². The van der Waals surface area contributed by atoms with Crippen LogP contribution in [0.2, 0.25) is 0 Å². The Morgan fingerprint density at radius 1 is 1.47 bits per heavy atom. The monoisotopic (exact) mass is 302 g/mol. The number of nitrogens with one attached hydrogen (secondary N) is 1. The fourth-order valence-corrected chi connectivity index (χ4v) is 1.62. The number of hydrogen-bond acceptors (Lipinski definition) is 4. The standard InChI is InChI=1S/C11H15BrN2O3/c1-8-3-4-9(11(12)13-8)14-10(15)7-17-6-5-16-2/h3-4H,5-7H2,1-2H3,(H,14,15). The second-order valence-corrected chi connectivity index (χ2v) is 4.14. The Morgan fingerprint density at radius 2 is 2.24 bits per heavy atom. The highest BCUT2D eigenvalue weighted by Gasteiger charge is 2.06. The van der Waals surface area contributed by atoms with Gasteiger partial charge >= 0.3 is 0 Å². The number of nitrogens with zero attached hydrogens (tertiary/aromatic N) is 1. The third-order valence-electron chi connectivity index (χ3n) is 1.93. The van der Waals surface area contributed by atoms with Gasteiger partial charge in [-0.1, -0.05) is 0 Å². The number of halogens is 1. The van der Waals surface area contributed by atoms with Crippen LogP contribution in [0.3, 0.4) is 0 Å². The first-order valence-electron chi connectivity index (χ1n) is 5.13. The van der Waals surface area contributed by atoms with Crippen molar-refractivity contribution in [2.24, 2.45) is 0 Å². The lowest BCUT2D eigenvalue weighted by Crippen LogP contribution is -2.20. The molecule has 0 bridgehead atoms. The molecule has 0 aliphatic rings. The lowest BCUT2D eigenvalue weighted by molar-refractivity contribution is -0.121. The van der Waals surface area contributed by atoms with E-state index in [2.05, 4.69) is 26.2 Å². The summed E-state index contributed by atoms with van der Waals surface area (Å²) in [7, 11) is 1.58. The number of rotatable bonds is 6. The molecule has 17 heavy (non-hydrogen) atoms. The second-order valence-electron chi connectivity index (χ2n) is 3.38. The van der Waals surface area contributed by atoms with Crippen molar-refractivity contribution in [2.45, 2.75) is 6.92 Å². The molecule has 1 rings (SSSR count). The van der Waals surface area contributed by atoms with E-state index in [1.165, 1.54) is 0 Å². The van der Waals surface area contributed by atoms with Crippen molar-refractivity contribution in [2.75, 3.05) is 32.2 Å². The average Bonchev–Trinajstić information content (AvgIpc) is 2.28. The van der Waals surface area contributed by atoms with E-state index in [1.807, 2.05) is 13.0 Å². The Bertz CT molecular complexity index is 385. The molecular weight excluding hydrogens is 288 g/mol. The van der Waals surface area contributed by atoms with Crippen LogP contribution in [0.1, 0.15) is 5.69 Å². The quantitative estimate of drug-likeness (QED) is 0.642. The van der Waals surface area contributed by atoms with Crippen LogP contribution in [-0.4, -0.2) is 37.8 Å². The molecule has 5 nitrogen and oxygen atoms in total. The predicted octanol–water partition coefficient (Wildman–Crippen LogP) is 1.75. The molecule has 0 unspecified atom stereocenters. The minimum atomic E-state index is -0.215. The Labute approximate surface area is 109 Å². The van der Waals surface area contributed by atoms with E-state index in [1.54, 1.807) is 13.2 Å². The van der Waals surface area contributed by atoms with E-state index in [9.17, 15) is 4.79 Å². The number of anilines is 1. The van der Waals surface area contributed by atoms with Gasteiger partial charge in [-0.2, -0.15) is 0 Å². The summed E-state index contributed by atoms with van der Waals surface area (Å²) in [6.45, 7) is 2.76. The summed E-state index contributed by atoms with van der Waals surface area (Å²) in [6, 6.07) is 3.62. The van der Waals surface area contributed by atoms with Crippen LogP contribution in [0.4, 0.5) is 5.69 Å². The lowest BCUT2D eigenvalue weighted by atomic mass is 10.3. The van der Waals surface area contributed by atoms with E-state index < -0.39 is 0 Å². The van der Waals surface area contributed by atoms with Gasteiger partial charge in [-0.05, 0) is 35.0 Å². The van der Waals surface area contributed by atoms with Crippen molar-refractivity contribution in [3.8, 4) is 0 Å². The molecule has 6 heteroatoms. The molecular formula is C11H15BrN2O3. The van der Waals surface area contributed by atoms with Crippen molar-refractivity contribution in [1.82, 2.24) is 4.98 Å². The van der Waals surface area contributed by atoms with Crippen LogP contribution < -0.4 is 5.32 Å². The van der Waals surface area contributed by atoms with Crippen molar-refractivity contribution in [3.05, 3.63) is 22.4 Å². The van der Waals surface area contributed by atoms with Crippen LogP contribution >= 0.6 is 15.9 Å². The predicted molar refractivity (Wildman–Crippen MR) is 68.0 cm³/mol. The van der Waals surface area contributed by atoms with E-state index in [-0.39, 0.29) is 12.5 Å². The first-order chi connectivity index (χ1) is 8.13. The molecule has 0 saturated heterocycles. The maximum atomic E-state index is 11.5. The van der Waals surface area contributed by atoms with Gasteiger partial charge in [0.25, 0.3) is 0 Å². The second kappa shape index (κ2) is 7.37. The number of hydrogen-bond donors (Lipinski definition) is 1. The highest BCUT2D eigenvalue weighted by atomic mass is 79.9. The molecule has 0 radical (unpaired) electrons. The van der Waals surface area contributed by atoms with E-state index >= 15 is 0 Å². The molecule has 1 amide bonds. The number of aryl methyl sites for hydroxylation is 1. The van der Waals surface area contributed by atoms with E-state index in [4.69, 9.17) is 9.47 Å². The van der Waals surface area contributed by atoms with Crippen LogP contribution in [0, 0.1) is 6.92 Å². The Kier molecular flexibility index (Phi) is 6.10. The van der Waals surface area contributed by atoms with Gasteiger partial charge in [-0.25, -0.2) is 4.98 Å². The summed E-state index contributed by atoms with van der Waals surface area (Å²) in [5, 5.41) is 2.70. The van der Waals surface area contributed by atoms with Crippen LogP contribution in [0.15, 0.2) is 16.7 Å². The average molecular weight is 303 g/mol. The summed E-state index contributed by atoms with van der Waals surface area (Å²) in [5.74, 6) is -0.215.